The van der Waals surface area contributed by atoms with Gasteiger partial charge in [-0.05, 0) is 33.2 Å². The molecule has 1 spiro atoms. The van der Waals surface area contributed by atoms with E-state index in [2.05, 4.69) is 15.7 Å². The minimum atomic E-state index is -0.353. The molecule has 24 heavy (non-hydrogen) atoms. The van der Waals surface area contributed by atoms with Crippen molar-refractivity contribution in [3.8, 4) is 0 Å². The fourth-order valence-corrected chi connectivity index (χ4v) is 4.38. The summed E-state index contributed by atoms with van der Waals surface area (Å²) >= 11 is 0. The Hall–Kier alpha value is -1.11. The van der Waals surface area contributed by atoms with Gasteiger partial charge >= 0.3 is 0 Å². The summed E-state index contributed by atoms with van der Waals surface area (Å²) in [4.78, 5) is 12.7. The highest BCUT2D eigenvalue weighted by atomic mass is 35.5. The monoisotopic (exact) mass is 356 g/mol. The van der Waals surface area contributed by atoms with E-state index in [4.69, 9.17) is 4.74 Å². The Morgan fingerprint density at radius 2 is 2.21 bits per heavy atom. The molecule has 2 aliphatic rings. The number of halogens is 1. The molecule has 6 nitrogen and oxygen atoms in total. The standard InChI is InChI=1S/C17H28N4O2.ClH/c1-4-23-14-9-13(17(14)7-5-6-8-17)20-16(22)15(18-2)12-10-19-21(3)11-12;/h10-11,13-15,18H,4-9H2,1-3H3,(H,20,22);1H. The quantitative estimate of drug-likeness (QED) is 0.817. The van der Waals surface area contributed by atoms with Crippen LogP contribution in [0.15, 0.2) is 12.4 Å². The van der Waals surface area contributed by atoms with Crippen molar-refractivity contribution in [3.05, 3.63) is 18.0 Å². The summed E-state index contributed by atoms with van der Waals surface area (Å²) < 4.78 is 7.64. The minimum absolute atomic E-state index is 0. The Bertz CT molecular complexity index is 557. The van der Waals surface area contributed by atoms with Crippen molar-refractivity contribution in [3.63, 3.8) is 0 Å². The molecule has 0 aliphatic heterocycles. The molecule has 2 saturated carbocycles. The molecule has 1 aromatic rings. The van der Waals surface area contributed by atoms with Crippen LogP contribution < -0.4 is 10.6 Å². The van der Waals surface area contributed by atoms with E-state index in [1.54, 1.807) is 10.9 Å². The van der Waals surface area contributed by atoms with Gasteiger partial charge < -0.3 is 15.4 Å². The molecule has 7 heteroatoms. The second kappa shape index (κ2) is 7.85. The molecule has 3 unspecified atom stereocenters. The number of aryl methyl sites for hydroxylation is 1. The molecule has 2 N–H and O–H groups in total. The Morgan fingerprint density at radius 3 is 2.75 bits per heavy atom. The maximum Gasteiger partial charge on any atom is 0.242 e. The van der Waals surface area contributed by atoms with Crippen LogP contribution in [0.1, 0.15) is 50.6 Å². The van der Waals surface area contributed by atoms with E-state index in [1.807, 2.05) is 27.2 Å². The summed E-state index contributed by atoms with van der Waals surface area (Å²) in [5.41, 5.74) is 1.06. The zero-order valence-electron chi connectivity index (χ0n) is 14.7. The van der Waals surface area contributed by atoms with E-state index in [0.717, 1.165) is 18.6 Å². The lowest BCUT2D eigenvalue weighted by Gasteiger charge is -2.54. The van der Waals surface area contributed by atoms with E-state index in [9.17, 15) is 4.79 Å². The number of aromatic nitrogens is 2. The van der Waals surface area contributed by atoms with E-state index < -0.39 is 0 Å². The SMILES string of the molecule is CCOC1CC(NC(=O)C(NC)c2cnn(C)c2)C12CCCC2.Cl. The lowest BCUT2D eigenvalue weighted by molar-refractivity contribution is -0.145. The first-order chi connectivity index (χ1) is 11.1. The first-order valence-corrected chi connectivity index (χ1v) is 8.68. The van der Waals surface area contributed by atoms with Crippen LogP contribution in [0.25, 0.3) is 0 Å². The molecule has 0 saturated heterocycles. The van der Waals surface area contributed by atoms with Crippen LogP contribution >= 0.6 is 12.4 Å². The molecule has 1 heterocycles. The zero-order valence-corrected chi connectivity index (χ0v) is 15.6. The highest BCUT2D eigenvalue weighted by molar-refractivity contribution is 5.85. The van der Waals surface area contributed by atoms with Crippen molar-refractivity contribution in [2.24, 2.45) is 12.5 Å². The third-order valence-corrected chi connectivity index (χ3v) is 5.61. The molecule has 0 bridgehead atoms. The first kappa shape index (κ1) is 19.2. The third-order valence-electron chi connectivity index (χ3n) is 5.61. The van der Waals surface area contributed by atoms with Gasteiger partial charge in [-0.25, -0.2) is 0 Å². The Labute approximate surface area is 150 Å². The van der Waals surface area contributed by atoms with Crippen molar-refractivity contribution >= 4 is 18.3 Å². The Balaban J connectivity index is 0.00000208. The normalized spacial score (nSPS) is 25.8. The summed E-state index contributed by atoms with van der Waals surface area (Å²) in [7, 11) is 3.67. The molecular formula is C17H29ClN4O2. The average molecular weight is 357 g/mol. The fourth-order valence-electron chi connectivity index (χ4n) is 4.38. The number of nitrogens with zero attached hydrogens (tertiary/aromatic N) is 2. The van der Waals surface area contributed by atoms with Crippen LogP contribution in [-0.4, -0.2) is 41.5 Å². The van der Waals surface area contributed by atoms with Gasteiger partial charge in [-0.2, -0.15) is 5.10 Å². The van der Waals surface area contributed by atoms with Gasteiger partial charge in [-0.15, -0.1) is 12.4 Å². The van der Waals surface area contributed by atoms with Gasteiger partial charge in [0, 0.05) is 36.9 Å². The van der Waals surface area contributed by atoms with E-state index in [1.165, 1.54) is 25.7 Å². The van der Waals surface area contributed by atoms with Gasteiger partial charge in [-0.3, -0.25) is 9.48 Å². The maximum absolute atomic E-state index is 12.7. The van der Waals surface area contributed by atoms with Crippen LogP contribution in [0.5, 0.6) is 0 Å². The lowest BCUT2D eigenvalue weighted by Crippen LogP contribution is -2.64. The van der Waals surface area contributed by atoms with Crippen LogP contribution in [0, 0.1) is 5.41 Å². The third kappa shape index (κ3) is 3.32. The molecule has 1 amide bonds. The van der Waals surface area contributed by atoms with Gasteiger partial charge in [0.05, 0.1) is 12.3 Å². The molecule has 136 valence electrons. The minimum Gasteiger partial charge on any atom is -0.378 e. The Morgan fingerprint density at radius 1 is 1.50 bits per heavy atom. The molecule has 1 aromatic heterocycles. The topological polar surface area (TPSA) is 68.2 Å². The number of rotatable bonds is 6. The Kier molecular flexibility index (Phi) is 6.28. The predicted octanol–water partition coefficient (Wildman–Crippen LogP) is 1.96. The molecule has 2 aliphatic carbocycles. The zero-order chi connectivity index (χ0) is 16.4. The second-order valence-electron chi connectivity index (χ2n) is 6.85. The number of carbonyl (C=O) groups is 1. The molecule has 3 rings (SSSR count). The number of likely N-dealkylation sites (N-methyl/N-ethyl adjacent to an activating group) is 1. The highest BCUT2D eigenvalue weighted by Crippen LogP contribution is 2.54. The van der Waals surface area contributed by atoms with Gasteiger partial charge in [0.1, 0.15) is 6.04 Å². The number of nitrogens with one attached hydrogen (secondary N) is 2. The van der Waals surface area contributed by atoms with Crippen LogP contribution in [0.4, 0.5) is 0 Å². The van der Waals surface area contributed by atoms with Crippen LogP contribution in [0.3, 0.4) is 0 Å². The molecule has 0 radical (unpaired) electrons. The molecule has 3 atom stereocenters. The fraction of sp³-hybridized carbons (Fsp3) is 0.765. The van der Waals surface area contributed by atoms with Gasteiger partial charge in [0.25, 0.3) is 0 Å². The van der Waals surface area contributed by atoms with Crippen LogP contribution in [-0.2, 0) is 16.6 Å². The first-order valence-electron chi connectivity index (χ1n) is 8.68. The predicted molar refractivity (Wildman–Crippen MR) is 95.1 cm³/mol. The summed E-state index contributed by atoms with van der Waals surface area (Å²) in [5.74, 6) is 0.0340. The number of carbonyl (C=O) groups excluding carboxylic acids is 1. The number of amides is 1. The highest BCUT2D eigenvalue weighted by Gasteiger charge is 2.57. The summed E-state index contributed by atoms with van der Waals surface area (Å²) in [6.07, 6.45) is 9.70. The summed E-state index contributed by atoms with van der Waals surface area (Å²) in [6.45, 7) is 2.80. The maximum atomic E-state index is 12.7. The average Bonchev–Trinajstić information content (AvgIpc) is 3.18. The van der Waals surface area contributed by atoms with Gasteiger partial charge in [0.15, 0.2) is 0 Å². The molecular weight excluding hydrogens is 328 g/mol. The van der Waals surface area contributed by atoms with E-state index >= 15 is 0 Å². The lowest BCUT2D eigenvalue weighted by atomic mass is 9.60. The van der Waals surface area contributed by atoms with Crippen molar-refractivity contribution in [1.82, 2.24) is 20.4 Å². The largest absolute Gasteiger partial charge is 0.378 e. The van der Waals surface area contributed by atoms with Crippen molar-refractivity contribution < 1.29 is 9.53 Å². The van der Waals surface area contributed by atoms with E-state index in [-0.39, 0.29) is 35.8 Å². The van der Waals surface area contributed by atoms with Crippen LogP contribution in [0.2, 0.25) is 0 Å². The van der Waals surface area contributed by atoms with Gasteiger partial charge in [-0.1, -0.05) is 12.8 Å². The second-order valence-corrected chi connectivity index (χ2v) is 6.85. The number of hydrogen-bond donors (Lipinski definition) is 2. The summed E-state index contributed by atoms with van der Waals surface area (Å²) in [6, 6.07) is -0.116. The smallest absolute Gasteiger partial charge is 0.242 e. The van der Waals surface area contributed by atoms with Crippen molar-refractivity contribution in [2.45, 2.75) is 57.2 Å². The number of ether oxygens (including phenoxy) is 1. The van der Waals surface area contributed by atoms with E-state index in [0.29, 0.717) is 6.10 Å². The van der Waals surface area contributed by atoms with Crippen molar-refractivity contribution in [2.75, 3.05) is 13.7 Å². The molecule has 2 fully saturated rings. The van der Waals surface area contributed by atoms with Crippen molar-refractivity contribution in [1.29, 1.82) is 0 Å². The summed E-state index contributed by atoms with van der Waals surface area (Å²) in [5, 5.41) is 10.5. The molecule has 0 aromatic carbocycles. The number of hydrogen-bond acceptors (Lipinski definition) is 4. The van der Waals surface area contributed by atoms with Gasteiger partial charge in [0.2, 0.25) is 5.91 Å².